The zero-order valence-corrected chi connectivity index (χ0v) is 13.1. The molecule has 2 aromatic carbocycles. The first-order chi connectivity index (χ1) is 10.8. The second kappa shape index (κ2) is 7.10. The van der Waals surface area contributed by atoms with Crippen LogP contribution in [0.3, 0.4) is 0 Å². The highest BCUT2D eigenvalue weighted by atomic mass is 35.5. The van der Waals surface area contributed by atoms with E-state index in [0.717, 1.165) is 6.07 Å². The zero-order valence-electron chi connectivity index (χ0n) is 11.5. The van der Waals surface area contributed by atoms with E-state index in [4.69, 9.17) is 23.2 Å². The van der Waals surface area contributed by atoms with Crippen molar-refractivity contribution in [3.05, 3.63) is 58.1 Å². The average Bonchev–Trinajstić information content (AvgIpc) is 2.46. The van der Waals surface area contributed by atoms with E-state index in [9.17, 15) is 18.0 Å². The first-order valence-electron chi connectivity index (χ1n) is 6.43. The summed E-state index contributed by atoms with van der Waals surface area (Å²) in [4.78, 5) is 11.9. The van der Waals surface area contributed by atoms with Gasteiger partial charge in [0.05, 0.1) is 33.5 Å². The Bertz CT molecular complexity index is 700. The molecule has 0 heterocycles. The molecule has 122 valence electrons. The van der Waals surface area contributed by atoms with Crippen LogP contribution < -0.4 is 10.6 Å². The van der Waals surface area contributed by atoms with Gasteiger partial charge in [-0.1, -0.05) is 41.4 Å². The Balaban J connectivity index is 2.07. The Morgan fingerprint density at radius 3 is 2.22 bits per heavy atom. The van der Waals surface area contributed by atoms with Crippen LogP contribution in [0.1, 0.15) is 5.56 Å². The summed E-state index contributed by atoms with van der Waals surface area (Å²) in [7, 11) is 0. The van der Waals surface area contributed by atoms with Gasteiger partial charge >= 0.3 is 6.18 Å². The van der Waals surface area contributed by atoms with Crippen molar-refractivity contribution >= 4 is 40.5 Å². The van der Waals surface area contributed by atoms with Crippen LogP contribution in [0, 0.1) is 0 Å². The summed E-state index contributed by atoms with van der Waals surface area (Å²) in [6.07, 6.45) is -4.55. The third-order valence-electron chi connectivity index (χ3n) is 2.90. The molecule has 0 atom stereocenters. The molecule has 2 aromatic rings. The van der Waals surface area contributed by atoms with Gasteiger partial charge in [0.2, 0.25) is 5.91 Å². The first kappa shape index (κ1) is 17.4. The van der Waals surface area contributed by atoms with Crippen molar-refractivity contribution in [1.29, 1.82) is 0 Å². The summed E-state index contributed by atoms with van der Waals surface area (Å²) >= 11 is 11.9. The maximum absolute atomic E-state index is 12.9. The van der Waals surface area contributed by atoms with Gasteiger partial charge in [0.15, 0.2) is 0 Å². The van der Waals surface area contributed by atoms with Crippen molar-refractivity contribution < 1.29 is 18.0 Å². The summed E-state index contributed by atoms with van der Waals surface area (Å²) in [6.45, 7) is -0.282. The predicted molar refractivity (Wildman–Crippen MR) is 85.0 cm³/mol. The lowest BCUT2D eigenvalue weighted by atomic mass is 10.1. The number of carbonyl (C=O) groups is 1. The summed E-state index contributed by atoms with van der Waals surface area (Å²) < 4.78 is 38.6. The van der Waals surface area contributed by atoms with E-state index in [1.807, 2.05) is 0 Å². The number of anilines is 2. The van der Waals surface area contributed by atoms with E-state index in [2.05, 4.69) is 10.6 Å². The minimum atomic E-state index is -4.55. The maximum atomic E-state index is 12.9. The standard InChI is InChI=1S/C15H11Cl2F3N2O/c16-10-5-3-6-11(17)14(10)21-8-13(23)22-12-7-2-1-4-9(12)15(18,19)20/h1-7,21H,8H2,(H,22,23). The van der Waals surface area contributed by atoms with Gasteiger partial charge in [-0.2, -0.15) is 13.2 Å². The number of rotatable bonds is 4. The molecule has 0 radical (unpaired) electrons. The molecular weight excluding hydrogens is 352 g/mol. The normalized spacial score (nSPS) is 11.2. The number of halogens is 5. The third-order valence-corrected chi connectivity index (χ3v) is 3.52. The fourth-order valence-corrected chi connectivity index (χ4v) is 2.40. The molecule has 0 aromatic heterocycles. The minimum absolute atomic E-state index is 0.282. The molecule has 2 N–H and O–H groups in total. The largest absolute Gasteiger partial charge is 0.418 e. The number of nitrogens with one attached hydrogen (secondary N) is 2. The molecule has 0 aliphatic rings. The molecule has 0 fully saturated rings. The first-order valence-corrected chi connectivity index (χ1v) is 7.18. The van der Waals surface area contributed by atoms with Crippen LogP contribution in [0.4, 0.5) is 24.5 Å². The lowest BCUT2D eigenvalue weighted by molar-refractivity contribution is -0.137. The Morgan fingerprint density at radius 2 is 1.61 bits per heavy atom. The number of hydrogen-bond acceptors (Lipinski definition) is 2. The van der Waals surface area contributed by atoms with Crippen LogP contribution >= 0.6 is 23.2 Å². The van der Waals surface area contributed by atoms with Crippen LogP contribution in [-0.4, -0.2) is 12.5 Å². The van der Waals surface area contributed by atoms with Gasteiger partial charge in [0.1, 0.15) is 0 Å². The fourth-order valence-electron chi connectivity index (χ4n) is 1.87. The predicted octanol–water partition coefficient (Wildman–Crippen LogP) is 5.06. The van der Waals surface area contributed by atoms with Crippen molar-refractivity contribution in [1.82, 2.24) is 0 Å². The Labute approximate surface area is 140 Å². The number of benzene rings is 2. The van der Waals surface area contributed by atoms with E-state index >= 15 is 0 Å². The smallest absolute Gasteiger partial charge is 0.374 e. The molecule has 0 bridgehead atoms. The number of hydrogen-bond donors (Lipinski definition) is 2. The van der Waals surface area contributed by atoms with Crippen molar-refractivity contribution in [2.45, 2.75) is 6.18 Å². The molecular formula is C15H11Cl2F3N2O. The monoisotopic (exact) mass is 362 g/mol. The van der Waals surface area contributed by atoms with Crippen molar-refractivity contribution in [3.63, 3.8) is 0 Å². The van der Waals surface area contributed by atoms with E-state index in [1.165, 1.54) is 18.2 Å². The van der Waals surface area contributed by atoms with Crippen molar-refractivity contribution in [2.24, 2.45) is 0 Å². The molecule has 0 saturated carbocycles. The molecule has 0 spiro atoms. The maximum Gasteiger partial charge on any atom is 0.418 e. The van der Waals surface area contributed by atoms with Gasteiger partial charge < -0.3 is 10.6 Å². The fraction of sp³-hybridized carbons (Fsp3) is 0.133. The highest BCUT2D eigenvalue weighted by molar-refractivity contribution is 6.39. The van der Waals surface area contributed by atoms with Crippen molar-refractivity contribution in [2.75, 3.05) is 17.2 Å². The lowest BCUT2D eigenvalue weighted by Gasteiger charge is -2.14. The molecule has 1 amide bonds. The molecule has 23 heavy (non-hydrogen) atoms. The second-order valence-corrected chi connectivity index (χ2v) is 5.36. The second-order valence-electron chi connectivity index (χ2n) is 4.54. The van der Waals surface area contributed by atoms with Crippen LogP contribution in [0.2, 0.25) is 10.0 Å². The van der Waals surface area contributed by atoms with E-state index in [0.29, 0.717) is 15.7 Å². The Hall–Kier alpha value is -1.92. The van der Waals surface area contributed by atoms with Crippen LogP contribution in [0.25, 0.3) is 0 Å². The highest BCUT2D eigenvalue weighted by Gasteiger charge is 2.33. The number of amides is 1. The number of alkyl halides is 3. The van der Waals surface area contributed by atoms with Gasteiger partial charge in [0, 0.05) is 0 Å². The molecule has 0 unspecified atom stereocenters. The highest BCUT2D eigenvalue weighted by Crippen LogP contribution is 2.34. The van der Waals surface area contributed by atoms with Crippen LogP contribution in [0.5, 0.6) is 0 Å². The average molecular weight is 363 g/mol. The van der Waals surface area contributed by atoms with Gasteiger partial charge in [-0.05, 0) is 24.3 Å². The van der Waals surface area contributed by atoms with Gasteiger partial charge in [-0.25, -0.2) is 0 Å². The molecule has 0 aliphatic heterocycles. The van der Waals surface area contributed by atoms with Crippen LogP contribution in [0.15, 0.2) is 42.5 Å². The SMILES string of the molecule is O=C(CNc1c(Cl)cccc1Cl)Nc1ccccc1C(F)(F)F. The van der Waals surface area contributed by atoms with Gasteiger partial charge in [-0.3, -0.25) is 4.79 Å². The molecule has 0 saturated heterocycles. The summed E-state index contributed by atoms with van der Waals surface area (Å²) in [5.74, 6) is -0.655. The zero-order chi connectivity index (χ0) is 17.0. The summed E-state index contributed by atoms with van der Waals surface area (Å²) in [6, 6.07) is 9.52. The quantitative estimate of drug-likeness (QED) is 0.797. The van der Waals surface area contributed by atoms with E-state index < -0.39 is 17.6 Å². The van der Waals surface area contributed by atoms with Gasteiger partial charge in [0.25, 0.3) is 0 Å². The van der Waals surface area contributed by atoms with Crippen LogP contribution in [-0.2, 0) is 11.0 Å². The molecule has 3 nitrogen and oxygen atoms in total. The van der Waals surface area contributed by atoms with Gasteiger partial charge in [-0.15, -0.1) is 0 Å². The number of carbonyl (C=O) groups excluding carboxylic acids is 1. The Morgan fingerprint density at radius 1 is 1.00 bits per heavy atom. The third kappa shape index (κ3) is 4.53. The Kier molecular flexibility index (Phi) is 5.38. The van der Waals surface area contributed by atoms with Crippen molar-refractivity contribution in [3.8, 4) is 0 Å². The molecule has 8 heteroatoms. The topological polar surface area (TPSA) is 41.1 Å². The van der Waals surface area contributed by atoms with E-state index in [1.54, 1.807) is 18.2 Å². The summed E-state index contributed by atoms with van der Waals surface area (Å²) in [5.41, 5.74) is -0.878. The number of para-hydroxylation sites is 2. The minimum Gasteiger partial charge on any atom is -0.374 e. The molecule has 0 aliphatic carbocycles. The summed E-state index contributed by atoms with van der Waals surface area (Å²) in [5, 5.41) is 5.53. The van der Waals surface area contributed by atoms with E-state index in [-0.39, 0.29) is 12.2 Å². The lowest BCUT2D eigenvalue weighted by Crippen LogP contribution is -2.23. The molecule has 2 rings (SSSR count).